The number of alkyl halides is 3. The largest absolute Gasteiger partial charge is 0.573 e. The van der Waals surface area contributed by atoms with E-state index >= 15 is 0 Å². The number of esters is 1. The first-order valence-electron chi connectivity index (χ1n) is 6.44. The Morgan fingerprint density at radius 1 is 1.35 bits per heavy atom. The summed E-state index contributed by atoms with van der Waals surface area (Å²) in [5.41, 5.74) is 6.02. The molecule has 0 radical (unpaired) electrons. The molecule has 1 aromatic carbocycles. The second-order valence-corrected chi connectivity index (χ2v) is 4.28. The Morgan fingerprint density at radius 2 is 2.00 bits per heavy atom. The maximum absolute atomic E-state index is 12.1. The van der Waals surface area contributed by atoms with Crippen molar-refractivity contribution in [3.63, 3.8) is 0 Å². The van der Waals surface area contributed by atoms with Gasteiger partial charge in [0.2, 0.25) is 0 Å². The number of nitrogens with zero attached hydrogens (tertiary/aromatic N) is 1. The molecular weight excluding hydrogens is 317 g/mol. The van der Waals surface area contributed by atoms with E-state index in [2.05, 4.69) is 20.3 Å². The number of nitrogens with two attached hydrogens (primary N) is 1. The van der Waals surface area contributed by atoms with Gasteiger partial charge in [0.05, 0.1) is 6.61 Å². The van der Waals surface area contributed by atoms with E-state index in [1.165, 1.54) is 12.1 Å². The average Bonchev–Trinajstić information content (AvgIpc) is 2.80. The van der Waals surface area contributed by atoms with Crippen LogP contribution in [-0.4, -0.2) is 29.1 Å². The van der Waals surface area contributed by atoms with Crippen molar-refractivity contribution in [1.29, 1.82) is 0 Å². The lowest BCUT2D eigenvalue weighted by Crippen LogP contribution is -2.17. The number of nitrogen functional groups attached to an aromatic ring is 1. The minimum absolute atomic E-state index is 0.0162. The molecule has 0 aliphatic carbocycles. The molecule has 0 atom stereocenters. The molecule has 0 fully saturated rings. The highest BCUT2D eigenvalue weighted by Gasteiger charge is 2.31. The predicted octanol–water partition coefficient (Wildman–Crippen LogP) is 2.81. The van der Waals surface area contributed by atoms with Crippen LogP contribution >= 0.6 is 0 Å². The molecule has 1 heterocycles. The highest BCUT2D eigenvalue weighted by atomic mass is 19.4. The number of benzene rings is 1. The zero-order valence-corrected chi connectivity index (χ0v) is 11.9. The van der Waals surface area contributed by atoms with Crippen LogP contribution in [0.4, 0.5) is 30.5 Å². The van der Waals surface area contributed by atoms with Crippen LogP contribution in [0.2, 0.25) is 0 Å². The van der Waals surface area contributed by atoms with Crippen molar-refractivity contribution in [2.75, 3.05) is 17.7 Å². The Kier molecular flexibility index (Phi) is 4.63. The minimum atomic E-state index is -4.76. The highest BCUT2D eigenvalue weighted by molar-refractivity contribution is 6.00. The number of carbonyl (C=O) groups excluding carboxylic acids is 1. The number of carbonyl (C=O) groups is 1. The molecule has 0 amide bonds. The van der Waals surface area contributed by atoms with Crippen molar-refractivity contribution in [3.8, 4) is 5.75 Å². The quantitative estimate of drug-likeness (QED) is 0.729. The van der Waals surface area contributed by atoms with Gasteiger partial charge in [0.25, 0.3) is 0 Å². The van der Waals surface area contributed by atoms with Crippen molar-refractivity contribution in [1.82, 2.24) is 10.2 Å². The summed E-state index contributed by atoms with van der Waals surface area (Å²) in [6, 6.07) is 4.91. The fourth-order valence-corrected chi connectivity index (χ4v) is 1.73. The van der Waals surface area contributed by atoms with Gasteiger partial charge in [0, 0.05) is 5.69 Å². The molecule has 0 saturated carbocycles. The number of hydrogen-bond acceptors (Lipinski definition) is 6. The number of nitrogens with one attached hydrogen (secondary N) is 2. The monoisotopic (exact) mass is 330 g/mol. The summed E-state index contributed by atoms with van der Waals surface area (Å²) in [7, 11) is 0. The Balaban J connectivity index is 2.15. The van der Waals surface area contributed by atoms with E-state index in [9.17, 15) is 18.0 Å². The van der Waals surface area contributed by atoms with Gasteiger partial charge in [-0.25, -0.2) is 4.79 Å². The van der Waals surface area contributed by atoms with Crippen molar-refractivity contribution in [2.24, 2.45) is 0 Å². The minimum Gasteiger partial charge on any atom is -0.462 e. The number of aromatic amines is 1. The topological polar surface area (TPSA) is 102 Å². The number of H-pyrrole nitrogens is 1. The fourth-order valence-electron chi connectivity index (χ4n) is 1.73. The molecule has 2 rings (SSSR count). The molecule has 0 spiro atoms. The molecule has 0 unspecified atom stereocenters. The van der Waals surface area contributed by atoms with Gasteiger partial charge in [0.15, 0.2) is 5.82 Å². The highest BCUT2D eigenvalue weighted by Crippen LogP contribution is 2.27. The molecular formula is C13H13F3N4O3. The standard InChI is InChI=1S/C13H13F3N4O3/c1-2-22-12(21)9-10(17)19-20-11(9)18-7-3-5-8(6-4-7)23-13(14,15)16/h3-6H,2H2,1H3,(H4,17,18,19,20). The first kappa shape index (κ1) is 16.5. The number of hydrogen-bond donors (Lipinski definition) is 3. The molecule has 23 heavy (non-hydrogen) atoms. The first-order valence-corrected chi connectivity index (χ1v) is 6.44. The number of aromatic nitrogens is 2. The summed E-state index contributed by atoms with van der Waals surface area (Å²) in [6.45, 7) is 1.80. The van der Waals surface area contributed by atoms with Crippen LogP contribution in [-0.2, 0) is 4.74 Å². The van der Waals surface area contributed by atoms with Gasteiger partial charge in [-0.15, -0.1) is 13.2 Å². The average molecular weight is 330 g/mol. The fraction of sp³-hybridized carbons (Fsp3) is 0.231. The van der Waals surface area contributed by atoms with E-state index in [-0.39, 0.29) is 29.6 Å². The van der Waals surface area contributed by atoms with Crippen LogP contribution in [0.3, 0.4) is 0 Å². The normalized spacial score (nSPS) is 11.1. The Hall–Kier alpha value is -2.91. The molecule has 7 nitrogen and oxygen atoms in total. The SMILES string of the molecule is CCOC(=O)c1c(Nc2ccc(OC(F)(F)F)cc2)n[nH]c1N. The molecule has 124 valence electrons. The number of rotatable bonds is 5. The molecule has 4 N–H and O–H groups in total. The summed E-state index contributed by atoms with van der Waals surface area (Å²) in [6.07, 6.45) is -4.76. The summed E-state index contributed by atoms with van der Waals surface area (Å²) in [4.78, 5) is 11.8. The Labute approximate surface area is 128 Å². The molecule has 0 saturated heterocycles. The van der Waals surface area contributed by atoms with E-state index in [1.54, 1.807) is 6.92 Å². The van der Waals surface area contributed by atoms with Crippen molar-refractivity contribution >= 4 is 23.3 Å². The van der Waals surface area contributed by atoms with Crippen molar-refractivity contribution in [2.45, 2.75) is 13.3 Å². The smallest absolute Gasteiger partial charge is 0.462 e. The Bertz CT molecular complexity index is 683. The van der Waals surface area contributed by atoms with Gasteiger partial charge in [0.1, 0.15) is 17.1 Å². The summed E-state index contributed by atoms with van der Waals surface area (Å²) >= 11 is 0. The van der Waals surface area contributed by atoms with Gasteiger partial charge >= 0.3 is 12.3 Å². The number of ether oxygens (including phenoxy) is 2. The molecule has 0 bridgehead atoms. The van der Waals surface area contributed by atoms with Crippen LogP contribution < -0.4 is 15.8 Å². The lowest BCUT2D eigenvalue weighted by molar-refractivity contribution is -0.274. The lowest BCUT2D eigenvalue weighted by Gasteiger charge is -2.10. The zero-order chi connectivity index (χ0) is 17.0. The third kappa shape index (κ3) is 4.28. The third-order valence-corrected chi connectivity index (χ3v) is 2.62. The molecule has 2 aromatic rings. The van der Waals surface area contributed by atoms with Gasteiger partial charge in [-0.1, -0.05) is 0 Å². The lowest BCUT2D eigenvalue weighted by atomic mass is 10.2. The molecule has 0 aliphatic heterocycles. The first-order chi connectivity index (χ1) is 10.8. The van der Waals surface area contributed by atoms with E-state index in [1.807, 2.05) is 0 Å². The maximum atomic E-state index is 12.1. The summed E-state index contributed by atoms with van der Waals surface area (Å²) in [5.74, 6) is -0.915. The zero-order valence-electron chi connectivity index (χ0n) is 11.9. The number of halogens is 3. The third-order valence-electron chi connectivity index (χ3n) is 2.62. The van der Waals surface area contributed by atoms with Gasteiger partial charge in [-0.05, 0) is 31.2 Å². The molecule has 1 aromatic heterocycles. The number of anilines is 3. The van der Waals surface area contributed by atoms with Crippen molar-refractivity contribution < 1.29 is 27.4 Å². The molecule has 0 aliphatic rings. The summed E-state index contributed by atoms with van der Waals surface area (Å²) in [5, 5.41) is 9.02. The summed E-state index contributed by atoms with van der Waals surface area (Å²) < 4.78 is 44.9. The van der Waals surface area contributed by atoms with Gasteiger partial charge < -0.3 is 20.5 Å². The van der Waals surface area contributed by atoms with E-state index < -0.39 is 12.3 Å². The van der Waals surface area contributed by atoms with Crippen LogP contribution in [0.5, 0.6) is 5.75 Å². The van der Waals surface area contributed by atoms with E-state index in [4.69, 9.17) is 10.5 Å². The van der Waals surface area contributed by atoms with Crippen LogP contribution in [0.25, 0.3) is 0 Å². The van der Waals surface area contributed by atoms with Crippen LogP contribution in [0, 0.1) is 0 Å². The van der Waals surface area contributed by atoms with Crippen LogP contribution in [0.15, 0.2) is 24.3 Å². The van der Waals surface area contributed by atoms with E-state index in [0.29, 0.717) is 5.69 Å². The second-order valence-electron chi connectivity index (χ2n) is 4.28. The van der Waals surface area contributed by atoms with Gasteiger partial charge in [-0.2, -0.15) is 5.10 Å². The molecule has 10 heteroatoms. The van der Waals surface area contributed by atoms with Crippen LogP contribution in [0.1, 0.15) is 17.3 Å². The predicted molar refractivity (Wildman–Crippen MR) is 75.4 cm³/mol. The second kappa shape index (κ2) is 6.46. The Morgan fingerprint density at radius 3 is 2.57 bits per heavy atom. The maximum Gasteiger partial charge on any atom is 0.573 e. The van der Waals surface area contributed by atoms with E-state index in [0.717, 1.165) is 12.1 Å². The van der Waals surface area contributed by atoms with Gasteiger partial charge in [-0.3, -0.25) is 5.10 Å². The van der Waals surface area contributed by atoms with Crippen molar-refractivity contribution in [3.05, 3.63) is 29.8 Å².